The van der Waals surface area contributed by atoms with E-state index in [9.17, 15) is 29.4 Å². The molecule has 1 saturated heterocycles. The van der Waals surface area contributed by atoms with Crippen LogP contribution in [0.1, 0.15) is 0 Å². The molecule has 0 aliphatic carbocycles. The zero-order chi connectivity index (χ0) is 21.1. The Bertz CT molecular complexity index is 453. The van der Waals surface area contributed by atoms with Gasteiger partial charge in [0.25, 0.3) is 0 Å². The van der Waals surface area contributed by atoms with Gasteiger partial charge in [0.05, 0.1) is 25.0 Å². The van der Waals surface area contributed by atoms with E-state index in [-0.39, 0.29) is 118 Å². The van der Waals surface area contributed by atoms with Crippen LogP contribution in [0.4, 0.5) is 0 Å². The largest absolute Gasteiger partial charge is 3.00 e. The fourth-order valence-corrected chi connectivity index (χ4v) is 2.96. The van der Waals surface area contributed by atoms with Crippen molar-refractivity contribution in [2.45, 2.75) is 0 Å². The normalized spacial score (nSPS) is 18.8. The second kappa shape index (κ2) is 14.9. The zero-order valence-electron chi connectivity index (χ0n) is 16.0. The average molecular weight is 560 g/mol. The molecule has 0 bridgehead atoms. The van der Waals surface area contributed by atoms with Crippen molar-refractivity contribution in [1.29, 1.82) is 0 Å². The molecule has 165 valence electrons. The van der Waals surface area contributed by atoms with Gasteiger partial charge in [-0.05, 0) is 0 Å². The topological polar surface area (TPSA) is 168 Å². The third-order valence-corrected chi connectivity index (χ3v) is 4.35. The van der Waals surface area contributed by atoms with Crippen LogP contribution in [0, 0.1) is 39.9 Å². The predicted molar refractivity (Wildman–Crippen MR) is 91.0 cm³/mol. The molecule has 1 aliphatic heterocycles. The van der Waals surface area contributed by atoms with Gasteiger partial charge in [-0.25, -0.2) is 0 Å². The molecule has 0 unspecified atom stereocenters. The SMILES string of the molecule is O=C([O-])CN1CCN(CC(=O)[O-])CCN(CC(=O)O)CCN(CC(=O)O)CC1.[Gd+3]. The summed E-state index contributed by atoms with van der Waals surface area (Å²) in [5.41, 5.74) is 0. The number of rotatable bonds is 8. The Labute approximate surface area is 200 Å². The zero-order valence-corrected chi connectivity index (χ0v) is 18.2. The summed E-state index contributed by atoms with van der Waals surface area (Å²) in [5.74, 6) is -4.64. The van der Waals surface area contributed by atoms with Crippen molar-refractivity contribution in [2.75, 3.05) is 78.5 Å². The molecule has 13 heteroatoms. The minimum absolute atomic E-state index is 0. The van der Waals surface area contributed by atoms with E-state index < -0.39 is 23.9 Å². The molecule has 2 N–H and O–H groups in total. The van der Waals surface area contributed by atoms with E-state index in [1.807, 2.05) is 0 Å². The summed E-state index contributed by atoms with van der Waals surface area (Å²) in [4.78, 5) is 50.4. The molecule has 0 aromatic rings. The Morgan fingerprint density at radius 3 is 0.931 bits per heavy atom. The molecule has 0 amide bonds. The summed E-state index contributed by atoms with van der Waals surface area (Å²) in [5, 5.41) is 40.1. The van der Waals surface area contributed by atoms with Gasteiger partial charge in [-0.2, -0.15) is 0 Å². The van der Waals surface area contributed by atoms with Gasteiger partial charge in [0, 0.05) is 65.4 Å². The third-order valence-electron chi connectivity index (χ3n) is 4.35. The molecule has 1 rings (SSSR count). The summed E-state index contributed by atoms with van der Waals surface area (Å²) in [6.07, 6.45) is 0. The van der Waals surface area contributed by atoms with Crippen molar-refractivity contribution in [2.24, 2.45) is 0 Å². The first-order valence-corrected chi connectivity index (χ1v) is 8.88. The van der Waals surface area contributed by atoms with Gasteiger partial charge in [0.2, 0.25) is 0 Å². The number of hydrogen-bond acceptors (Lipinski definition) is 10. The fraction of sp³-hybridized carbons (Fsp3) is 0.750. The molecule has 1 heterocycles. The number of hydrogen-bond donors (Lipinski definition) is 2. The van der Waals surface area contributed by atoms with E-state index in [2.05, 4.69) is 0 Å². The summed E-state index contributed by atoms with van der Waals surface area (Å²) in [6, 6.07) is 0. The van der Waals surface area contributed by atoms with Gasteiger partial charge in [-0.1, -0.05) is 0 Å². The molecule has 0 spiro atoms. The summed E-state index contributed by atoms with van der Waals surface area (Å²) >= 11 is 0. The van der Waals surface area contributed by atoms with Gasteiger partial charge in [0.1, 0.15) is 0 Å². The van der Waals surface area contributed by atoms with Crippen molar-refractivity contribution in [3.05, 3.63) is 0 Å². The quantitative estimate of drug-likeness (QED) is 0.291. The van der Waals surface area contributed by atoms with E-state index in [0.29, 0.717) is 0 Å². The van der Waals surface area contributed by atoms with E-state index in [1.54, 1.807) is 19.6 Å². The number of nitrogens with zero attached hydrogens (tertiary/aromatic N) is 4. The molecule has 1 radical (unpaired) electrons. The predicted octanol–water partition coefficient (Wildman–Crippen LogP) is -5.12. The van der Waals surface area contributed by atoms with Gasteiger partial charge in [-0.15, -0.1) is 0 Å². The van der Waals surface area contributed by atoms with Crippen molar-refractivity contribution in [1.82, 2.24) is 19.6 Å². The first kappa shape index (κ1) is 28.0. The maximum atomic E-state index is 11.1. The number of carbonyl (C=O) groups excluding carboxylic acids is 2. The van der Waals surface area contributed by atoms with Crippen molar-refractivity contribution in [3.8, 4) is 0 Å². The molecule has 0 aromatic carbocycles. The average Bonchev–Trinajstić information content (AvgIpc) is 2.55. The van der Waals surface area contributed by atoms with Crippen LogP contribution in [-0.2, 0) is 19.2 Å². The Hall–Kier alpha value is -0.955. The van der Waals surface area contributed by atoms with Gasteiger partial charge < -0.3 is 30.0 Å². The van der Waals surface area contributed by atoms with E-state index in [1.165, 1.54) is 0 Å². The van der Waals surface area contributed by atoms with E-state index in [4.69, 9.17) is 10.2 Å². The van der Waals surface area contributed by atoms with Crippen LogP contribution in [-0.4, -0.2) is 132 Å². The smallest absolute Gasteiger partial charge is 0.549 e. The summed E-state index contributed by atoms with van der Waals surface area (Å²) in [7, 11) is 0. The maximum absolute atomic E-state index is 11.1. The van der Waals surface area contributed by atoms with Crippen LogP contribution in [0.2, 0.25) is 0 Å². The van der Waals surface area contributed by atoms with Gasteiger partial charge >= 0.3 is 51.9 Å². The van der Waals surface area contributed by atoms with Crippen molar-refractivity contribution >= 4 is 23.9 Å². The number of carboxylic acids is 4. The van der Waals surface area contributed by atoms with Crippen molar-refractivity contribution < 1.29 is 79.5 Å². The molecular weight excluding hydrogens is 533 g/mol. The standard InChI is InChI=1S/C16H28N4O8.Gd/c21-13(22)9-17-1-2-18(10-14(23)24)5-6-20(12-16(27)28)8-7-19(4-3-17)11-15(25)26;/h1-12H2,(H,21,22)(H,23,24)(H,25,26)(H,27,28);/q;+3/p-2. The second-order valence-corrected chi connectivity index (χ2v) is 6.64. The maximum Gasteiger partial charge on any atom is 3.00 e. The number of carbonyl (C=O) groups is 4. The monoisotopic (exact) mass is 560 g/mol. The van der Waals surface area contributed by atoms with Crippen molar-refractivity contribution in [3.63, 3.8) is 0 Å². The summed E-state index contributed by atoms with van der Waals surface area (Å²) in [6.45, 7) is 0.839. The van der Waals surface area contributed by atoms with Crippen LogP contribution < -0.4 is 10.2 Å². The van der Waals surface area contributed by atoms with Crippen LogP contribution in [0.25, 0.3) is 0 Å². The van der Waals surface area contributed by atoms with E-state index >= 15 is 0 Å². The molecule has 0 atom stereocenters. The van der Waals surface area contributed by atoms with Crippen LogP contribution in [0.15, 0.2) is 0 Å². The molecule has 1 fully saturated rings. The molecule has 1 aliphatic rings. The Morgan fingerprint density at radius 2 is 0.759 bits per heavy atom. The third kappa shape index (κ3) is 13.8. The molecule has 0 aromatic heterocycles. The second-order valence-electron chi connectivity index (χ2n) is 6.64. The number of carboxylic acid groups (broad SMARTS) is 4. The van der Waals surface area contributed by atoms with Crippen LogP contribution in [0.3, 0.4) is 0 Å². The first-order valence-electron chi connectivity index (χ1n) is 8.88. The number of aliphatic carboxylic acids is 4. The Kier molecular flexibility index (Phi) is 14.4. The van der Waals surface area contributed by atoms with E-state index in [0.717, 1.165) is 0 Å². The first-order chi connectivity index (χ1) is 13.2. The molecular formula is C16H26GdN4O8+. The minimum Gasteiger partial charge on any atom is -0.549 e. The molecule has 12 nitrogen and oxygen atoms in total. The Balaban J connectivity index is 0.00000784. The van der Waals surface area contributed by atoms with Crippen LogP contribution >= 0.6 is 0 Å². The molecule has 0 saturated carbocycles. The van der Waals surface area contributed by atoms with Gasteiger partial charge in [0.15, 0.2) is 0 Å². The summed E-state index contributed by atoms with van der Waals surface area (Å²) < 4.78 is 0. The van der Waals surface area contributed by atoms with Crippen LogP contribution in [0.5, 0.6) is 0 Å². The van der Waals surface area contributed by atoms with Gasteiger partial charge in [-0.3, -0.25) is 29.2 Å². The minimum atomic E-state index is -1.28. The Morgan fingerprint density at radius 1 is 0.552 bits per heavy atom. The molecule has 29 heavy (non-hydrogen) atoms. The fourth-order valence-electron chi connectivity index (χ4n) is 2.96.